The summed E-state index contributed by atoms with van der Waals surface area (Å²) in [4.78, 5) is 40.5. The molecule has 1 aliphatic rings. The van der Waals surface area contributed by atoms with Crippen LogP contribution in [0.3, 0.4) is 0 Å². The Morgan fingerprint density at radius 3 is 2.62 bits per heavy atom. The van der Waals surface area contributed by atoms with Crippen LogP contribution in [0.15, 0.2) is 53.6 Å². The number of thiophene rings is 1. The zero-order chi connectivity index (χ0) is 28.2. The van der Waals surface area contributed by atoms with Gasteiger partial charge in [-0.1, -0.05) is 35.4 Å². The first-order valence-corrected chi connectivity index (χ1v) is 15.3. The SMILES string of the molecule is CCOC(=O)c1c(NC(=O)CSc2cn(CCNC(=O)c3cc(C)cc(C)c3)c3ccccc23)sc2c1CCC2. The number of hydrogen-bond donors (Lipinski definition) is 2. The molecule has 0 aliphatic heterocycles. The fraction of sp³-hybridized carbons (Fsp3) is 0.323. The number of amides is 2. The number of benzene rings is 2. The maximum atomic E-state index is 13.0. The summed E-state index contributed by atoms with van der Waals surface area (Å²) in [7, 11) is 0. The number of fused-ring (bicyclic) bond motifs is 2. The standard InChI is InChI=1S/C31H33N3O4S2/c1-4-38-31(37)28-23-9-7-11-25(23)40-30(28)33-27(35)18-39-26-17-34(24-10-6-5-8-22(24)26)13-12-32-29(36)21-15-19(2)14-20(3)16-21/h5-6,8,10,14-17H,4,7,9,11-13,18H2,1-3H3,(H,32,36)(H,33,35). The number of aromatic nitrogens is 1. The van der Waals surface area contributed by atoms with Gasteiger partial charge in [0.15, 0.2) is 0 Å². The number of anilines is 1. The van der Waals surface area contributed by atoms with Crippen molar-refractivity contribution < 1.29 is 19.1 Å². The van der Waals surface area contributed by atoms with E-state index in [4.69, 9.17) is 4.74 Å². The molecular weight excluding hydrogens is 542 g/mol. The van der Waals surface area contributed by atoms with Crippen molar-refractivity contribution in [2.24, 2.45) is 0 Å². The Kier molecular flexibility index (Phi) is 8.61. The maximum Gasteiger partial charge on any atom is 0.341 e. The lowest BCUT2D eigenvalue weighted by Crippen LogP contribution is -2.27. The Balaban J connectivity index is 1.24. The van der Waals surface area contributed by atoms with Gasteiger partial charge in [-0.2, -0.15) is 0 Å². The van der Waals surface area contributed by atoms with Crippen LogP contribution in [0.25, 0.3) is 10.9 Å². The third-order valence-corrected chi connectivity index (χ3v) is 9.14. The van der Waals surface area contributed by atoms with E-state index < -0.39 is 0 Å². The number of rotatable bonds is 10. The van der Waals surface area contributed by atoms with Crippen molar-refractivity contribution in [3.63, 3.8) is 0 Å². The number of carbonyl (C=O) groups is 3. The van der Waals surface area contributed by atoms with Crippen LogP contribution in [-0.2, 0) is 28.9 Å². The summed E-state index contributed by atoms with van der Waals surface area (Å²) < 4.78 is 7.39. The van der Waals surface area contributed by atoms with Gasteiger partial charge >= 0.3 is 5.97 Å². The molecule has 0 atom stereocenters. The molecule has 2 heterocycles. The minimum Gasteiger partial charge on any atom is -0.462 e. The molecule has 2 N–H and O–H groups in total. The fourth-order valence-corrected chi connectivity index (χ4v) is 7.41. The first-order valence-electron chi connectivity index (χ1n) is 13.5. The van der Waals surface area contributed by atoms with Gasteiger partial charge in [0.2, 0.25) is 5.91 Å². The highest BCUT2D eigenvalue weighted by molar-refractivity contribution is 8.00. The highest BCUT2D eigenvalue weighted by Crippen LogP contribution is 2.40. The summed E-state index contributed by atoms with van der Waals surface area (Å²) in [5, 5.41) is 7.66. The number of carbonyl (C=O) groups excluding carboxylic acids is 3. The van der Waals surface area contributed by atoms with Gasteiger partial charge in [-0.25, -0.2) is 4.79 Å². The molecule has 0 spiro atoms. The minimum atomic E-state index is -0.363. The number of ether oxygens (including phenoxy) is 1. The van der Waals surface area contributed by atoms with Gasteiger partial charge in [0, 0.05) is 45.5 Å². The molecule has 4 aromatic rings. The zero-order valence-corrected chi connectivity index (χ0v) is 24.6. The second-order valence-corrected chi connectivity index (χ2v) is 12.1. The molecule has 7 nitrogen and oxygen atoms in total. The van der Waals surface area contributed by atoms with Gasteiger partial charge < -0.3 is 19.9 Å². The van der Waals surface area contributed by atoms with Gasteiger partial charge in [0.05, 0.1) is 17.9 Å². The molecule has 9 heteroatoms. The molecule has 2 amide bonds. The topological polar surface area (TPSA) is 89.4 Å². The van der Waals surface area contributed by atoms with Crippen LogP contribution in [0.5, 0.6) is 0 Å². The van der Waals surface area contributed by atoms with E-state index >= 15 is 0 Å². The van der Waals surface area contributed by atoms with E-state index in [0.29, 0.717) is 35.8 Å². The second-order valence-electron chi connectivity index (χ2n) is 9.95. The molecule has 2 aromatic carbocycles. The molecule has 40 heavy (non-hydrogen) atoms. The maximum absolute atomic E-state index is 13.0. The number of nitrogens with zero attached hydrogens (tertiary/aromatic N) is 1. The smallest absolute Gasteiger partial charge is 0.341 e. The molecule has 2 aromatic heterocycles. The minimum absolute atomic E-state index is 0.0868. The van der Waals surface area contributed by atoms with Crippen LogP contribution >= 0.6 is 23.1 Å². The summed E-state index contributed by atoms with van der Waals surface area (Å²) in [6.45, 7) is 7.14. The summed E-state index contributed by atoms with van der Waals surface area (Å²) in [6.07, 6.45) is 4.84. The summed E-state index contributed by atoms with van der Waals surface area (Å²) in [5.41, 5.74) is 5.39. The lowest BCUT2D eigenvalue weighted by atomic mass is 10.1. The van der Waals surface area contributed by atoms with Crippen LogP contribution in [0.2, 0.25) is 0 Å². The van der Waals surface area contributed by atoms with Crippen molar-refractivity contribution in [1.82, 2.24) is 9.88 Å². The van der Waals surface area contributed by atoms with E-state index in [9.17, 15) is 14.4 Å². The Hall–Kier alpha value is -3.56. The predicted molar refractivity (Wildman–Crippen MR) is 162 cm³/mol. The van der Waals surface area contributed by atoms with E-state index in [0.717, 1.165) is 51.8 Å². The average Bonchev–Trinajstić information content (AvgIpc) is 3.60. The molecule has 208 valence electrons. The fourth-order valence-electron chi connectivity index (χ4n) is 5.23. The second kappa shape index (κ2) is 12.3. The Morgan fingerprint density at radius 2 is 1.85 bits per heavy atom. The van der Waals surface area contributed by atoms with Crippen LogP contribution in [0, 0.1) is 13.8 Å². The first-order chi connectivity index (χ1) is 19.3. The van der Waals surface area contributed by atoms with Crippen molar-refractivity contribution in [1.29, 1.82) is 0 Å². The van der Waals surface area contributed by atoms with Crippen LogP contribution < -0.4 is 10.6 Å². The monoisotopic (exact) mass is 575 g/mol. The number of para-hydroxylation sites is 1. The summed E-state index contributed by atoms with van der Waals surface area (Å²) >= 11 is 2.95. The van der Waals surface area contributed by atoms with Gasteiger partial charge in [-0.05, 0) is 63.8 Å². The molecule has 1 aliphatic carbocycles. The van der Waals surface area contributed by atoms with Crippen LogP contribution in [-0.4, -0.2) is 41.3 Å². The number of aryl methyl sites for hydroxylation is 3. The zero-order valence-electron chi connectivity index (χ0n) is 23.0. The van der Waals surface area contributed by atoms with Crippen molar-refractivity contribution >= 4 is 56.8 Å². The molecular formula is C31H33N3O4S2. The van der Waals surface area contributed by atoms with Crippen molar-refractivity contribution in [2.75, 3.05) is 24.2 Å². The van der Waals surface area contributed by atoms with E-state index in [1.165, 1.54) is 28.0 Å². The normalized spacial score (nSPS) is 12.4. The molecule has 0 radical (unpaired) electrons. The predicted octanol–water partition coefficient (Wildman–Crippen LogP) is 6.15. The number of thioether (sulfide) groups is 1. The molecule has 0 fully saturated rings. The van der Waals surface area contributed by atoms with Gasteiger partial charge in [0.25, 0.3) is 5.91 Å². The quantitative estimate of drug-likeness (QED) is 0.175. The largest absolute Gasteiger partial charge is 0.462 e. The molecule has 0 saturated heterocycles. The number of esters is 1. The highest BCUT2D eigenvalue weighted by Gasteiger charge is 2.28. The Labute approximate surface area is 242 Å². The summed E-state index contributed by atoms with van der Waals surface area (Å²) in [5.74, 6) is -0.399. The van der Waals surface area contributed by atoms with Crippen molar-refractivity contribution in [3.05, 3.63) is 81.4 Å². The molecule has 5 rings (SSSR count). The van der Waals surface area contributed by atoms with Crippen molar-refractivity contribution in [3.8, 4) is 0 Å². The molecule has 0 saturated carbocycles. The van der Waals surface area contributed by atoms with Gasteiger partial charge in [0.1, 0.15) is 5.00 Å². The average molecular weight is 576 g/mol. The third-order valence-electron chi connectivity index (χ3n) is 6.89. The summed E-state index contributed by atoms with van der Waals surface area (Å²) in [6, 6.07) is 13.9. The van der Waals surface area contributed by atoms with Gasteiger partial charge in [-0.3, -0.25) is 9.59 Å². The Bertz CT molecular complexity index is 1570. The van der Waals surface area contributed by atoms with Crippen LogP contribution in [0.1, 0.15) is 55.6 Å². The van der Waals surface area contributed by atoms with E-state index in [1.807, 2.05) is 62.5 Å². The molecule has 0 bridgehead atoms. The lowest BCUT2D eigenvalue weighted by molar-refractivity contribution is -0.113. The number of hydrogen-bond acceptors (Lipinski definition) is 6. The van der Waals surface area contributed by atoms with E-state index in [1.54, 1.807) is 6.92 Å². The van der Waals surface area contributed by atoms with E-state index in [2.05, 4.69) is 15.2 Å². The van der Waals surface area contributed by atoms with Crippen LogP contribution in [0.4, 0.5) is 5.00 Å². The van der Waals surface area contributed by atoms with Gasteiger partial charge in [-0.15, -0.1) is 23.1 Å². The highest BCUT2D eigenvalue weighted by atomic mass is 32.2. The third kappa shape index (κ3) is 6.10. The van der Waals surface area contributed by atoms with Crippen molar-refractivity contribution in [2.45, 2.75) is 51.5 Å². The molecule has 0 unspecified atom stereocenters. The Morgan fingerprint density at radius 1 is 1.07 bits per heavy atom. The number of nitrogens with one attached hydrogen (secondary N) is 2. The van der Waals surface area contributed by atoms with E-state index in [-0.39, 0.29) is 23.5 Å². The first kappa shape index (κ1) is 28.0. The lowest BCUT2D eigenvalue weighted by Gasteiger charge is -2.09.